The Morgan fingerprint density at radius 3 is 1.73 bits per heavy atom. The molecule has 2 heterocycles. The number of aliphatic hydroxyl groups is 2. The predicted octanol–water partition coefficient (Wildman–Crippen LogP) is 1.11. The molecule has 2 unspecified atom stereocenters. The van der Waals surface area contributed by atoms with Crippen LogP contribution in [0.4, 0.5) is 0 Å². The van der Waals surface area contributed by atoms with E-state index in [-0.39, 0.29) is 24.1 Å². The first-order valence-electron chi connectivity index (χ1n) is 8.60. The number of carbonyl (C=O) groups is 2. The zero-order valence-electron chi connectivity index (χ0n) is 15.3. The lowest BCUT2D eigenvalue weighted by Crippen LogP contribution is -2.06. The van der Waals surface area contributed by atoms with Crippen molar-refractivity contribution in [2.45, 2.75) is 51.1 Å². The van der Waals surface area contributed by atoms with Gasteiger partial charge in [0.05, 0.1) is 13.2 Å². The molecule has 2 N–H and O–H groups in total. The maximum atomic E-state index is 10.3. The molecule has 26 heavy (non-hydrogen) atoms. The Bertz CT molecular complexity index is 381. The second-order valence-corrected chi connectivity index (χ2v) is 5.56. The molecule has 2 atom stereocenters. The van der Waals surface area contributed by atoms with Crippen molar-refractivity contribution >= 4 is 11.9 Å². The normalized spacial score (nSPS) is 19.1. The molecule has 2 fully saturated rings. The van der Waals surface area contributed by atoms with E-state index in [0.29, 0.717) is 32.8 Å². The number of ether oxygens (including phenoxy) is 4. The molecule has 2 aliphatic heterocycles. The molecule has 150 valence electrons. The highest BCUT2D eigenvalue weighted by atomic mass is 16.6. The zero-order valence-corrected chi connectivity index (χ0v) is 15.3. The van der Waals surface area contributed by atoms with E-state index < -0.39 is 6.29 Å². The van der Waals surface area contributed by atoms with Crippen LogP contribution < -0.4 is 0 Å². The van der Waals surface area contributed by atoms with E-state index in [4.69, 9.17) is 19.7 Å². The van der Waals surface area contributed by atoms with E-state index in [9.17, 15) is 9.59 Å². The van der Waals surface area contributed by atoms with Crippen molar-refractivity contribution in [3.8, 4) is 0 Å². The van der Waals surface area contributed by atoms with Crippen LogP contribution in [0, 0.1) is 0 Å². The molecule has 0 aromatic carbocycles. The van der Waals surface area contributed by atoms with E-state index in [1.165, 1.54) is 0 Å². The van der Waals surface area contributed by atoms with Gasteiger partial charge in [-0.1, -0.05) is 32.9 Å². The SMILES string of the molecule is C=CC(=O)OCC1CO1.C=CC(=O)OCC1CO1.CCCCCC(O)O. The van der Waals surface area contributed by atoms with Crippen LogP contribution in [0.25, 0.3) is 0 Å². The first-order chi connectivity index (χ1) is 12.4. The zero-order chi connectivity index (χ0) is 19.8. The van der Waals surface area contributed by atoms with Crippen molar-refractivity contribution in [1.82, 2.24) is 0 Å². The van der Waals surface area contributed by atoms with Crippen LogP contribution in [0.2, 0.25) is 0 Å². The van der Waals surface area contributed by atoms with Crippen LogP contribution in [0.3, 0.4) is 0 Å². The topological polar surface area (TPSA) is 118 Å². The van der Waals surface area contributed by atoms with Crippen molar-refractivity contribution in [3.05, 3.63) is 25.3 Å². The van der Waals surface area contributed by atoms with Crippen molar-refractivity contribution in [2.75, 3.05) is 26.4 Å². The lowest BCUT2D eigenvalue weighted by molar-refractivity contribution is -0.139. The highest BCUT2D eigenvalue weighted by Gasteiger charge is 2.24. The van der Waals surface area contributed by atoms with Gasteiger partial charge in [-0.2, -0.15) is 0 Å². The molecule has 0 saturated carbocycles. The van der Waals surface area contributed by atoms with Crippen LogP contribution in [-0.2, 0) is 28.5 Å². The van der Waals surface area contributed by atoms with Gasteiger partial charge in [0.1, 0.15) is 25.4 Å². The standard InChI is InChI=1S/2C6H8O3.C6H14O2/c2*1-2-6(7)9-4-5-3-8-5;1-2-3-4-5-6(7)8/h2*2,5H,1,3-4H2;6-8H,2-5H2,1H3. The number of carbonyl (C=O) groups excluding carboxylic acids is 2. The number of aliphatic hydroxyl groups excluding tert-OH is 1. The summed E-state index contributed by atoms with van der Waals surface area (Å²) in [5.74, 6) is -0.768. The Hall–Kier alpha value is -1.74. The maximum absolute atomic E-state index is 10.3. The minimum absolute atomic E-state index is 0.147. The monoisotopic (exact) mass is 374 g/mol. The van der Waals surface area contributed by atoms with Crippen molar-refractivity contribution in [1.29, 1.82) is 0 Å². The third kappa shape index (κ3) is 18.6. The van der Waals surface area contributed by atoms with Gasteiger partial charge >= 0.3 is 11.9 Å². The van der Waals surface area contributed by atoms with Gasteiger partial charge < -0.3 is 29.2 Å². The molecule has 2 rings (SSSR count). The number of epoxide rings is 2. The van der Waals surface area contributed by atoms with Crippen molar-refractivity contribution in [3.63, 3.8) is 0 Å². The summed E-state index contributed by atoms with van der Waals surface area (Å²) in [5.41, 5.74) is 0. The Labute approximate surface area is 154 Å². The summed E-state index contributed by atoms with van der Waals surface area (Å²) in [6.07, 6.45) is 5.15. The van der Waals surface area contributed by atoms with Crippen molar-refractivity contribution < 1.29 is 38.7 Å². The van der Waals surface area contributed by atoms with E-state index in [0.717, 1.165) is 31.4 Å². The fraction of sp³-hybridized carbons (Fsp3) is 0.667. The molecule has 0 radical (unpaired) electrons. The summed E-state index contributed by atoms with van der Waals surface area (Å²) in [6.45, 7) is 10.7. The summed E-state index contributed by atoms with van der Waals surface area (Å²) >= 11 is 0. The lowest BCUT2D eigenvalue weighted by atomic mass is 10.2. The fourth-order valence-corrected chi connectivity index (χ4v) is 1.37. The van der Waals surface area contributed by atoms with E-state index in [1.807, 2.05) is 0 Å². The minimum atomic E-state index is -1.10. The van der Waals surface area contributed by atoms with Gasteiger partial charge in [-0.25, -0.2) is 9.59 Å². The number of hydrogen-bond donors (Lipinski definition) is 2. The number of rotatable bonds is 10. The molecular weight excluding hydrogens is 344 g/mol. The van der Waals surface area contributed by atoms with Gasteiger partial charge in [0.15, 0.2) is 6.29 Å². The fourth-order valence-electron chi connectivity index (χ4n) is 1.37. The van der Waals surface area contributed by atoms with Gasteiger partial charge in [0, 0.05) is 12.2 Å². The predicted molar refractivity (Wildman–Crippen MR) is 94.2 cm³/mol. The smallest absolute Gasteiger partial charge is 0.330 e. The van der Waals surface area contributed by atoms with E-state index >= 15 is 0 Å². The maximum Gasteiger partial charge on any atom is 0.330 e. The number of hydrogen-bond acceptors (Lipinski definition) is 8. The third-order valence-electron chi connectivity index (χ3n) is 3.03. The van der Waals surface area contributed by atoms with Crippen LogP contribution in [-0.4, -0.2) is 67.1 Å². The molecule has 2 saturated heterocycles. The van der Waals surface area contributed by atoms with E-state index in [2.05, 4.69) is 29.6 Å². The number of esters is 2. The molecule has 2 aliphatic rings. The molecule has 0 aromatic heterocycles. The van der Waals surface area contributed by atoms with Crippen LogP contribution in [0.1, 0.15) is 32.6 Å². The van der Waals surface area contributed by atoms with Crippen LogP contribution >= 0.6 is 0 Å². The molecular formula is C18H30O8. The first-order valence-corrected chi connectivity index (χ1v) is 8.60. The van der Waals surface area contributed by atoms with Gasteiger partial charge in [0.25, 0.3) is 0 Å². The van der Waals surface area contributed by atoms with E-state index in [1.54, 1.807) is 0 Å². The molecule has 8 heteroatoms. The molecule has 0 bridgehead atoms. The molecule has 0 amide bonds. The summed E-state index contributed by atoms with van der Waals surface area (Å²) in [6, 6.07) is 0. The Kier molecular flexibility index (Phi) is 14.5. The van der Waals surface area contributed by atoms with Crippen LogP contribution in [0.5, 0.6) is 0 Å². The van der Waals surface area contributed by atoms with Gasteiger partial charge in [-0.05, 0) is 12.8 Å². The Morgan fingerprint density at radius 2 is 1.46 bits per heavy atom. The Balaban J connectivity index is 0.000000362. The van der Waals surface area contributed by atoms with Gasteiger partial charge in [-0.15, -0.1) is 0 Å². The molecule has 0 aliphatic carbocycles. The highest BCUT2D eigenvalue weighted by Crippen LogP contribution is 2.08. The van der Waals surface area contributed by atoms with Crippen molar-refractivity contribution in [2.24, 2.45) is 0 Å². The minimum Gasteiger partial charge on any atom is -0.460 e. The summed E-state index contributed by atoms with van der Waals surface area (Å²) in [4.78, 5) is 20.7. The summed E-state index contributed by atoms with van der Waals surface area (Å²) < 4.78 is 18.8. The molecule has 0 spiro atoms. The first kappa shape index (κ1) is 24.3. The molecule has 0 aromatic rings. The van der Waals surface area contributed by atoms with Gasteiger partial charge in [-0.3, -0.25) is 0 Å². The summed E-state index contributed by atoms with van der Waals surface area (Å²) in [7, 11) is 0. The average molecular weight is 374 g/mol. The quantitative estimate of drug-likeness (QED) is 0.192. The average Bonchev–Trinajstić information content (AvgIpc) is 3.53. The lowest BCUT2D eigenvalue weighted by Gasteiger charge is -1.99. The second kappa shape index (κ2) is 15.5. The van der Waals surface area contributed by atoms with Crippen LogP contribution in [0.15, 0.2) is 25.3 Å². The second-order valence-electron chi connectivity index (χ2n) is 5.56. The highest BCUT2D eigenvalue weighted by molar-refractivity contribution is 5.81. The Morgan fingerprint density at radius 1 is 1.04 bits per heavy atom. The largest absolute Gasteiger partial charge is 0.460 e. The summed E-state index contributed by atoms with van der Waals surface area (Å²) in [5, 5.41) is 16.7. The number of unbranched alkanes of at least 4 members (excludes halogenated alkanes) is 2. The third-order valence-corrected chi connectivity index (χ3v) is 3.03. The van der Waals surface area contributed by atoms with Gasteiger partial charge in [0.2, 0.25) is 0 Å². The molecule has 8 nitrogen and oxygen atoms in total.